The van der Waals surface area contributed by atoms with Crippen LogP contribution in [0.25, 0.3) is 0 Å². The number of pyridine rings is 1. The van der Waals surface area contributed by atoms with Crippen LogP contribution >= 0.6 is 11.8 Å². The van der Waals surface area contributed by atoms with Crippen LogP contribution in [-0.4, -0.2) is 23.2 Å². The molecule has 1 amide bonds. The molecule has 3 rings (SSSR count). The van der Waals surface area contributed by atoms with Crippen molar-refractivity contribution in [1.29, 1.82) is 0 Å². The van der Waals surface area contributed by atoms with Crippen molar-refractivity contribution < 1.29 is 4.79 Å². The molecule has 2 N–H and O–H groups in total. The normalized spacial score (nSPS) is 17.8. The van der Waals surface area contributed by atoms with E-state index >= 15 is 0 Å². The number of nitrogens with two attached hydrogens (primary N) is 1. The van der Waals surface area contributed by atoms with Gasteiger partial charge in [0.05, 0.1) is 5.69 Å². The summed E-state index contributed by atoms with van der Waals surface area (Å²) in [6.45, 7) is 0.910. The molecule has 1 aromatic heterocycles. The summed E-state index contributed by atoms with van der Waals surface area (Å²) < 4.78 is 0. The Balaban J connectivity index is 2.13. The van der Waals surface area contributed by atoms with Crippen molar-refractivity contribution in [1.82, 2.24) is 4.98 Å². The fraction of sp³-hybridized carbons (Fsp3) is 0.273. The molecule has 0 unspecified atom stereocenters. The summed E-state index contributed by atoms with van der Waals surface area (Å²) in [4.78, 5) is 17.7. The molecule has 16 heavy (non-hydrogen) atoms. The highest BCUT2D eigenvalue weighted by atomic mass is 32.2. The first-order chi connectivity index (χ1) is 7.75. The fourth-order valence-electron chi connectivity index (χ4n) is 2.10. The number of hydrogen-bond acceptors (Lipinski definition) is 4. The van der Waals surface area contributed by atoms with Crippen LogP contribution < -0.4 is 10.6 Å². The van der Waals surface area contributed by atoms with Gasteiger partial charge in [-0.2, -0.15) is 0 Å². The Bertz CT molecular complexity index is 498. The SMILES string of the molecule is NC(=O)C1=CN2CCSc3nccc(c32)C1. The monoisotopic (exact) mass is 233 g/mol. The van der Waals surface area contributed by atoms with Gasteiger partial charge in [0.15, 0.2) is 0 Å². The van der Waals surface area contributed by atoms with Crippen molar-refractivity contribution in [2.24, 2.45) is 5.73 Å². The topological polar surface area (TPSA) is 59.2 Å². The molecule has 3 heterocycles. The summed E-state index contributed by atoms with van der Waals surface area (Å²) in [6.07, 6.45) is 4.29. The van der Waals surface area contributed by atoms with Gasteiger partial charge < -0.3 is 10.6 Å². The number of thioether (sulfide) groups is 1. The molecule has 0 bridgehead atoms. The molecule has 0 aliphatic carbocycles. The number of hydrogen-bond donors (Lipinski definition) is 1. The zero-order valence-electron chi connectivity index (χ0n) is 8.64. The molecule has 0 fully saturated rings. The highest BCUT2D eigenvalue weighted by Gasteiger charge is 2.26. The van der Waals surface area contributed by atoms with Crippen molar-refractivity contribution in [2.45, 2.75) is 11.4 Å². The smallest absolute Gasteiger partial charge is 0.246 e. The first kappa shape index (κ1) is 9.72. The Hall–Kier alpha value is -1.49. The zero-order chi connectivity index (χ0) is 11.1. The zero-order valence-corrected chi connectivity index (χ0v) is 9.46. The van der Waals surface area contributed by atoms with E-state index in [-0.39, 0.29) is 5.91 Å². The molecule has 4 nitrogen and oxygen atoms in total. The average Bonchev–Trinajstić information content (AvgIpc) is 2.29. The van der Waals surface area contributed by atoms with Crippen LogP contribution in [0.15, 0.2) is 29.1 Å². The number of anilines is 1. The van der Waals surface area contributed by atoms with Gasteiger partial charge in [-0.1, -0.05) is 0 Å². The van der Waals surface area contributed by atoms with Crippen LogP contribution in [0, 0.1) is 0 Å². The van der Waals surface area contributed by atoms with Gasteiger partial charge in [0.25, 0.3) is 0 Å². The van der Waals surface area contributed by atoms with E-state index in [4.69, 9.17) is 5.73 Å². The van der Waals surface area contributed by atoms with Gasteiger partial charge in [-0.15, -0.1) is 11.8 Å². The lowest BCUT2D eigenvalue weighted by molar-refractivity contribution is -0.114. The standard InChI is InChI=1S/C11H11N3OS/c12-10(15)8-5-7-1-2-13-11-9(7)14(6-8)3-4-16-11/h1-2,6H,3-5H2,(H2,12,15). The predicted molar refractivity (Wildman–Crippen MR) is 63.3 cm³/mol. The third-order valence-corrected chi connectivity index (χ3v) is 3.80. The maximum atomic E-state index is 11.2. The lowest BCUT2D eigenvalue weighted by atomic mass is 10.0. The molecule has 0 atom stereocenters. The maximum Gasteiger partial charge on any atom is 0.246 e. The molecule has 0 radical (unpaired) electrons. The van der Waals surface area contributed by atoms with E-state index in [1.165, 1.54) is 0 Å². The minimum Gasteiger partial charge on any atom is -0.366 e. The van der Waals surface area contributed by atoms with E-state index in [9.17, 15) is 4.79 Å². The van der Waals surface area contributed by atoms with Crippen LogP contribution in [0.1, 0.15) is 5.56 Å². The maximum absolute atomic E-state index is 11.2. The van der Waals surface area contributed by atoms with Crippen molar-refractivity contribution in [3.8, 4) is 0 Å². The number of rotatable bonds is 1. The number of carbonyl (C=O) groups is 1. The van der Waals surface area contributed by atoms with Gasteiger partial charge in [0.1, 0.15) is 5.03 Å². The quantitative estimate of drug-likeness (QED) is 0.783. The van der Waals surface area contributed by atoms with Gasteiger partial charge >= 0.3 is 0 Å². The van der Waals surface area contributed by atoms with Crippen molar-refractivity contribution in [3.63, 3.8) is 0 Å². The van der Waals surface area contributed by atoms with Gasteiger partial charge in [-0.25, -0.2) is 4.98 Å². The second-order valence-corrected chi connectivity index (χ2v) is 4.94. The number of carbonyl (C=O) groups excluding carboxylic acids is 1. The predicted octanol–water partition coefficient (Wildman–Crippen LogP) is 0.919. The Kier molecular flexibility index (Phi) is 2.14. The van der Waals surface area contributed by atoms with E-state index in [0.717, 1.165) is 28.6 Å². The largest absolute Gasteiger partial charge is 0.366 e. The summed E-state index contributed by atoms with van der Waals surface area (Å²) in [6, 6.07) is 1.97. The molecule has 0 aromatic carbocycles. The number of nitrogens with zero attached hydrogens (tertiary/aromatic N) is 2. The second kappa shape index (κ2) is 3.52. The van der Waals surface area contributed by atoms with Crippen LogP contribution in [0.5, 0.6) is 0 Å². The highest BCUT2D eigenvalue weighted by molar-refractivity contribution is 7.99. The Labute approximate surface area is 97.5 Å². The third kappa shape index (κ3) is 1.39. The first-order valence-corrected chi connectivity index (χ1v) is 6.12. The molecule has 0 saturated carbocycles. The minimum atomic E-state index is -0.331. The van der Waals surface area contributed by atoms with E-state index in [1.54, 1.807) is 18.0 Å². The van der Waals surface area contributed by atoms with E-state index in [0.29, 0.717) is 12.0 Å². The lowest BCUT2D eigenvalue weighted by Gasteiger charge is -2.32. The summed E-state index contributed by atoms with van der Waals surface area (Å²) in [5.74, 6) is 0.661. The van der Waals surface area contributed by atoms with Crippen LogP contribution in [-0.2, 0) is 11.2 Å². The van der Waals surface area contributed by atoms with E-state index in [2.05, 4.69) is 9.88 Å². The molecule has 0 saturated heterocycles. The van der Waals surface area contributed by atoms with Gasteiger partial charge in [0, 0.05) is 36.7 Å². The molecular formula is C11H11N3OS. The summed E-state index contributed by atoms with van der Waals surface area (Å²) in [5.41, 5.74) is 8.32. The average molecular weight is 233 g/mol. The van der Waals surface area contributed by atoms with Crippen molar-refractivity contribution in [3.05, 3.63) is 29.6 Å². The van der Waals surface area contributed by atoms with Crippen LogP contribution in [0.4, 0.5) is 5.69 Å². The van der Waals surface area contributed by atoms with E-state index in [1.807, 2.05) is 12.3 Å². The molecular weight excluding hydrogens is 222 g/mol. The molecule has 2 aliphatic rings. The highest BCUT2D eigenvalue weighted by Crippen LogP contribution is 2.39. The fourth-order valence-corrected chi connectivity index (χ4v) is 3.10. The minimum absolute atomic E-state index is 0.331. The molecule has 0 spiro atoms. The van der Waals surface area contributed by atoms with Crippen molar-refractivity contribution in [2.75, 3.05) is 17.2 Å². The molecule has 1 aromatic rings. The van der Waals surface area contributed by atoms with E-state index < -0.39 is 0 Å². The molecule has 2 aliphatic heterocycles. The van der Waals surface area contributed by atoms with Crippen LogP contribution in [0.3, 0.4) is 0 Å². The molecule has 5 heteroatoms. The Morgan fingerprint density at radius 2 is 2.44 bits per heavy atom. The van der Waals surface area contributed by atoms with Gasteiger partial charge in [0.2, 0.25) is 5.91 Å². The second-order valence-electron chi connectivity index (χ2n) is 3.86. The van der Waals surface area contributed by atoms with Crippen LogP contribution in [0.2, 0.25) is 0 Å². The first-order valence-electron chi connectivity index (χ1n) is 5.13. The van der Waals surface area contributed by atoms with Gasteiger partial charge in [-0.3, -0.25) is 4.79 Å². The summed E-state index contributed by atoms with van der Waals surface area (Å²) >= 11 is 1.77. The van der Waals surface area contributed by atoms with Crippen molar-refractivity contribution >= 4 is 23.4 Å². The summed E-state index contributed by atoms with van der Waals surface area (Å²) in [7, 11) is 0. The van der Waals surface area contributed by atoms with Gasteiger partial charge in [-0.05, 0) is 11.6 Å². The Morgan fingerprint density at radius 1 is 1.56 bits per heavy atom. The Morgan fingerprint density at radius 3 is 3.25 bits per heavy atom. The third-order valence-electron chi connectivity index (χ3n) is 2.84. The number of amides is 1. The lowest BCUT2D eigenvalue weighted by Crippen LogP contribution is -2.31. The number of aromatic nitrogens is 1. The number of primary amides is 1. The summed E-state index contributed by atoms with van der Waals surface area (Å²) in [5, 5.41) is 1.06. The molecule has 82 valence electrons.